The zero-order valence-corrected chi connectivity index (χ0v) is 24.4. The first-order valence-electron chi connectivity index (χ1n) is 12.6. The molecule has 1 aliphatic heterocycles. The summed E-state index contributed by atoms with van der Waals surface area (Å²) in [5.74, 6) is -1.62. The fraction of sp³-hybridized carbons (Fsp3) is 0.321. The average Bonchev–Trinajstić information content (AvgIpc) is 3.43. The van der Waals surface area contributed by atoms with Crippen molar-refractivity contribution in [3.05, 3.63) is 89.1 Å². The van der Waals surface area contributed by atoms with Gasteiger partial charge in [-0.25, -0.2) is 23.3 Å². The minimum absolute atomic E-state index is 0.148. The molecule has 12 heteroatoms. The fourth-order valence-electron chi connectivity index (χ4n) is 4.59. The molecule has 0 bridgehead atoms. The van der Waals surface area contributed by atoms with Crippen molar-refractivity contribution in [3.63, 3.8) is 0 Å². The lowest BCUT2D eigenvalue weighted by Crippen LogP contribution is -2.60. The van der Waals surface area contributed by atoms with Crippen LogP contribution in [-0.4, -0.2) is 44.6 Å². The Morgan fingerprint density at radius 3 is 2.15 bits per heavy atom. The van der Waals surface area contributed by atoms with Gasteiger partial charge in [-0.2, -0.15) is 0 Å². The molecule has 0 radical (unpaired) electrons. The van der Waals surface area contributed by atoms with Crippen molar-refractivity contribution in [3.8, 4) is 0 Å². The van der Waals surface area contributed by atoms with E-state index in [1.807, 2.05) is 49.6 Å². The Morgan fingerprint density at radius 1 is 1.05 bits per heavy atom. The maximum atomic E-state index is 13.3. The number of hydrogen-bond donors (Lipinski definition) is 3. The smallest absolute Gasteiger partial charge is 0.337 e. The highest BCUT2D eigenvalue weighted by molar-refractivity contribution is 7.89. The highest BCUT2D eigenvalue weighted by Gasteiger charge is 2.53. The number of benzene rings is 2. The number of nitrogens with two attached hydrogens (primary N) is 1. The van der Waals surface area contributed by atoms with Gasteiger partial charge >= 0.3 is 11.9 Å². The van der Waals surface area contributed by atoms with Crippen molar-refractivity contribution in [2.24, 2.45) is 11.1 Å². The molecule has 2 aromatic carbocycles. The molecule has 40 heavy (non-hydrogen) atoms. The number of anilines is 1. The first kappa shape index (κ1) is 30.8. The molecule has 1 aliphatic rings. The molecule has 214 valence electrons. The summed E-state index contributed by atoms with van der Waals surface area (Å²) in [5, 5.41) is 14.0. The van der Waals surface area contributed by atoms with Crippen LogP contribution in [0.3, 0.4) is 0 Å². The van der Waals surface area contributed by atoms with Crippen LogP contribution in [0.1, 0.15) is 33.3 Å². The van der Waals surface area contributed by atoms with Gasteiger partial charge in [0, 0.05) is 17.3 Å². The van der Waals surface area contributed by atoms with Gasteiger partial charge in [0.15, 0.2) is 5.13 Å². The van der Waals surface area contributed by atoms with Crippen molar-refractivity contribution >= 4 is 38.4 Å². The van der Waals surface area contributed by atoms with E-state index in [2.05, 4.69) is 15.6 Å². The van der Waals surface area contributed by atoms with Gasteiger partial charge in [0.05, 0.1) is 35.3 Å². The van der Waals surface area contributed by atoms with E-state index in [0.29, 0.717) is 16.4 Å². The summed E-state index contributed by atoms with van der Waals surface area (Å²) in [7, 11) is -3.50. The minimum atomic E-state index is -3.50. The van der Waals surface area contributed by atoms with Crippen molar-refractivity contribution < 1.29 is 27.5 Å². The van der Waals surface area contributed by atoms with Crippen LogP contribution in [0.4, 0.5) is 5.13 Å². The molecule has 0 aliphatic carbocycles. The SMILES string of the molecule is CCOC(=O)C1=C(C)NC(C)(c2ccccc2)C(C(=O)OCC)C1Nc1nccs1.NS(=O)(=O)c1ccccc1. The van der Waals surface area contributed by atoms with E-state index in [0.717, 1.165) is 5.56 Å². The lowest BCUT2D eigenvalue weighted by Gasteiger charge is -2.47. The predicted molar refractivity (Wildman–Crippen MR) is 154 cm³/mol. The third-order valence-electron chi connectivity index (χ3n) is 6.31. The van der Waals surface area contributed by atoms with Gasteiger partial charge in [0.25, 0.3) is 0 Å². The number of primary sulfonamides is 1. The van der Waals surface area contributed by atoms with Gasteiger partial charge in [-0.05, 0) is 45.4 Å². The van der Waals surface area contributed by atoms with Crippen LogP contribution in [0.15, 0.2) is 88.4 Å². The number of carbonyl (C=O) groups excluding carboxylic acids is 2. The topological polar surface area (TPSA) is 150 Å². The Hall–Kier alpha value is -3.74. The molecule has 0 amide bonds. The zero-order valence-electron chi connectivity index (χ0n) is 22.8. The Morgan fingerprint density at radius 2 is 1.65 bits per heavy atom. The normalized spacial score (nSPS) is 20.4. The highest BCUT2D eigenvalue weighted by atomic mass is 32.2. The van der Waals surface area contributed by atoms with E-state index >= 15 is 0 Å². The van der Waals surface area contributed by atoms with Crippen LogP contribution >= 0.6 is 11.3 Å². The van der Waals surface area contributed by atoms with Gasteiger partial charge in [-0.3, -0.25) is 4.79 Å². The summed E-state index contributed by atoms with van der Waals surface area (Å²) in [6.45, 7) is 7.77. The van der Waals surface area contributed by atoms with Gasteiger partial charge < -0.3 is 20.1 Å². The van der Waals surface area contributed by atoms with E-state index in [1.165, 1.54) is 23.5 Å². The molecule has 10 nitrogen and oxygen atoms in total. The molecule has 0 saturated heterocycles. The van der Waals surface area contributed by atoms with Gasteiger partial charge in [-0.1, -0.05) is 48.5 Å². The van der Waals surface area contributed by atoms with E-state index in [-0.39, 0.29) is 18.1 Å². The molecule has 2 heterocycles. The number of nitrogens with one attached hydrogen (secondary N) is 2. The van der Waals surface area contributed by atoms with Crippen LogP contribution in [0.2, 0.25) is 0 Å². The van der Waals surface area contributed by atoms with Crippen molar-refractivity contribution in [2.75, 3.05) is 18.5 Å². The summed E-state index contributed by atoms with van der Waals surface area (Å²) < 4.78 is 32.0. The van der Waals surface area contributed by atoms with Crippen LogP contribution < -0.4 is 15.8 Å². The van der Waals surface area contributed by atoms with Crippen molar-refractivity contribution in [1.82, 2.24) is 10.3 Å². The maximum absolute atomic E-state index is 13.3. The first-order chi connectivity index (χ1) is 19.0. The maximum Gasteiger partial charge on any atom is 0.337 e. The minimum Gasteiger partial charge on any atom is -0.466 e. The van der Waals surface area contributed by atoms with E-state index in [9.17, 15) is 18.0 Å². The predicted octanol–water partition coefficient (Wildman–Crippen LogP) is 3.79. The first-order valence-corrected chi connectivity index (χ1v) is 15.1. The number of ether oxygens (including phenoxy) is 2. The quantitative estimate of drug-likeness (QED) is 0.335. The summed E-state index contributed by atoms with van der Waals surface area (Å²) in [6, 6.07) is 16.9. The third-order valence-corrected chi connectivity index (χ3v) is 7.94. The van der Waals surface area contributed by atoms with Crippen LogP contribution in [-0.2, 0) is 34.6 Å². The Kier molecular flexibility index (Phi) is 10.4. The standard InChI is InChI=1S/C22H27N3O4S.C6H7NO2S/c1-5-28-19(26)16-14(3)25-22(4,15-10-8-7-9-11-15)17(20(27)29-6-2)18(16)24-21-23-12-13-30-21;7-10(8,9)6-4-2-1-3-5-6/h7-13,17-18,25H,5-6H2,1-4H3,(H,23,24);1-5H,(H2,7,8,9). The van der Waals surface area contributed by atoms with Crippen molar-refractivity contribution in [1.29, 1.82) is 0 Å². The van der Waals surface area contributed by atoms with E-state index < -0.39 is 39.5 Å². The van der Waals surface area contributed by atoms with Crippen LogP contribution in [0.5, 0.6) is 0 Å². The van der Waals surface area contributed by atoms with E-state index in [4.69, 9.17) is 14.6 Å². The fourth-order valence-corrected chi connectivity index (χ4v) is 5.69. The Balaban J connectivity index is 0.000000371. The summed E-state index contributed by atoms with van der Waals surface area (Å²) in [5.41, 5.74) is 1.12. The number of aromatic nitrogens is 1. The summed E-state index contributed by atoms with van der Waals surface area (Å²) >= 11 is 1.40. The number of allylic oxidation sites excluding steroid dienone is 1. The van der Waals surface area contributed by atoms with Gasteiger partial charge in [0.1, 0.15) is 5.92 Å². The highest BCUT2D eigenvalue weighted by Crippen LogP contribution is 2.41. The molecule has 3 atom stereocenters. The van der Waals surface area contributed by atoms with Crippen LogP contribution in [0.25, 0.3) is 0 Å². The number of esters is 2. The molecule has 4 rings (SSSR count). The molecular formula is C28H34N4O6S2. The second kappa shape index (κ2) is 13.6. The molecule has 3 unspecified atom stereocenters. The molecular weight excluding hydrogens is 552 g/mol. The second-order valence-corrected chi connectivity index (χ2v) is 11.5. The van der Waals surface area contributed by atoms with Crippen molar-refractivity contribution in [2.45, 2.75) is 44.2 Å². The average molecular weight is 587 g/mol. The lowest BCUT2D eigenvalue weighted by atomic mass is 9.70. The lowest BCUT2D eigenvalue weighted by molar-refractivity contribution is -0.152. The number of rotatable bonds is 8. The Labute approximate surface area is 238 Å². The number of hydrogen-bond acceptors (Lipinski definition) is 10. The molecule has 0 fully saturated rings. The van der Waals surface area contributed by atoms with Crippen LogP contribution in [0, 0.1) is 5.92 Å². The number of thiazole rings is 1. The number of carbonyl (C=O) groups is 2. The van der Waals surface area contributed by atoms with Gasteiger partial charge in [-0.15, -0.1) is 11.3 Å². The largest absolute Gasteiger partial charge is 0.466 e. The molecule has 0 saturated carbocycles. The number of sulfonamides is 1. The monoisotopic (exact) mass is 586 g/mol. The number of nitrogens with zero attached hydrogens (tertiary/aromatic N) is 1. The summed E-state index contributed by atoms with van der Waals surface area (Å²) in [6.07, 6.45) is 1.67. The Bertz CT molecular complexity index is 1410. The molecule has 3 aromatic rings. The second-order valence-electron chi connectivity index (χ2n) is 9.00. The van der Waals surface area contributed by atoms with Gasteiger partial charge in [0.2, 0.25) is 10.0 Å². The summed E-state index contributed by atoms with van der Waals surface area (Å²) in [4.78, 5) is 30.6. The zero-order chi connectivity index (χ0) is 29.3. The third kappa shape index (κ3) is 7.26. The van der Waals surface area contributed by atoms with E-state index in [1.54, 1.807) is 38.2 Å². The molecule has 1 aromatic heterocycles. The molecule has 0 spiro atoms. The molecule has 4 N–H and O–H groups in total.